The van der Waals surface area contributed by atoms with Crippen LogP contribution in [0.4, 0.5) is 0 Å². The largest absolute Gasteiger partial charge is 0.481 e. The molecule has 0 aliphatic heterocycles. The molecule has 2 N–H and O–H groups in total. The van der Waals surface area contributed by atoms with Gasteiger partial charge in [0.2, 0.25) is 0 Å². The summed E-state index contributed by atoms with van der Waals surface area (Å²) in [5, 5.41) is 13.4. The fourth-order valence-electron chi connectivity index (χ4n) is 1.14. The molecule has 1 heterocycles. The Morgan fingerprint density at radius 2 is 2.35 bits per heavy atom. The van der Waals surface area contributed by atoms with Crippen LogP contribution in [0.3, 0.4) is 0 Å². The molecule has 0 unspecified atom stereocenters. The third-order valence-corrected chi connectivity index (χ3v) is 2.73. The number of aromatic nitrogens is 1. The summed E-state index contributed by atoms with van der Waals surface area (Å²) in [5.41, 5.74) is 0.345. The van der Waals surface area contributed by atoms with E-state index in [1.165, 1.54) is 11.3 Å². The minimum Gasteiger partial charge on any atom is -0.481 e. The number of aliphatic carboxylic acids is 1. The Kier molecular flexibility index (Phi) is 5.58. The van der Waals surface area contributed by atoms with Crippen LogP contribution in [-0.2, 0) is 16.1 Å². The number of carboxylic acids is 1. The van der Waals surface area contributed by atoms with E-state index in [2.05, 4.69) is 10.3 Å². The number of ether oxygens (including phenoxy) is 1. The minimum absolute atomic E-state index is 0.0479. The van der Waals surface area contributed by atoms with Gasteiger partial charge in [-0.2, -0.15) is 0 Å². The van der Waals surface area contributed by atoms with E-state index in [-0.39, 0.29) is 12.3 Å². The third-order valence-electron chi connectivity index (χ3n) is 1.91. The summed E-state index contributed by atoms with van der Waals surface area (Å²) in [7, 11) is 1.56. The van der Waals surface area contributed by atoms with E-state index >= 15 is 0 Å². The van der Waals surface area contributed by atoms with Crippen molar-refractivity contribution < 1.29 is 19.4 Å². The number of carbonyl (C=O) groups is 2. The highest BCUT2D eigenvalue weighted by atomic mass is 32.1. The number of methoxy groups -OCH3 is 1. The lowest BCUT2D eigenvalue weighted by Gasteiger charge is -2.00. The lowest BCUT2D eigenvalue weighted by atomic mass is 10.3. The molecule has 0 saturated carbocycles. The normalized spacial score (nSPS) is 10.2. The molecule has 1 amide bonds. The second-order valence-electron chi connectivity index (χ2n) is 3.31. The first-order valence-corrected chi connectivity index (χ1v) is 5.94. The minimum atomic E-state index is -0.865. The van der Waals surface area contributed by atoms with Gasteiger partial charge in [-0.1, -0.05) is 0 Å². The van der Waals surface area contributed by atoms with E-state index in [0.717, 1.165) is 5.01 Å². The van der Waals surface area contributed by atoms with Crippen molar-refractivity contribution in [1.82, 2.24) is 10.3 Å². The lowest BCUT2D eigenvalue weighted by molar-refractivity contribution is -0.137. The molecule has 17 heavy (non-hydrogen) atoms. The van der Waals surface area contributed by atoms with E-state index in [1.54, 1.807) is 12.5 Å². The number of thiazole rings is 1. The molecule has 0 bridgehead atoms. The Morgan fingerprint density at radius 3 is 3.00 bits per heavy atom. The summed E-state index contributed by atoms with van der Waals surface area (Å²) in [5.74, 6) is -1.15. The van der Waals surface area contributed by atoms with E-state index in [0.29, 0.717) is 25.3 Å². The molecule has 1 aromatic heterocycles. The van der Waals surface area contributed by atoms with Crippen LogP contribution in [0.5, 0.6) is 0 Å². The van der Waals surface area contributed by atoms with Gasteiger partial charge in [-0.15, -0.1) is 11.3 Å². The Hall–Kier alpha value is -1.47. The first-order valence-electron chi connectivity index (χ1n) is 5.07. The molecule has 1 aromatic rings. The van der Waals surface area contributed by atoms with Crippen molar-refractivity contribution in [3.05, 3.63) is 16.1 Å². The molecule has 0 spiro atoms. The first-order chi connectivity index (χ1) is 8.13. The standard InChI is InChI=1S/C10H14N2O4S/c1-16-5-8-12-7(6-17-8)10(15)11-4-2-3-9(13)14/h6H,2-5H2,1H3,(H,11,15)(H,13,14). The highest BCUT2D eigenvalue weighted by molar-refractivity contribution is 7.09. The van der Waals surface area contributed by atoms with E-state index in [9.17, 15) is 9.59 Å². The van der Waals surface area contributed by atoms with Crippen molar-refractivity contribution in [1.29, 1.82) is 0 Å². The van der Waals surface area contributed by atoms with Crippen LogP contribution in [0.15, 0.2) is 5.38 Å². The average Bonchev–Trinajstić information content (AvgIpc) is 2.73. The van der Waals surface area contributed by atoms with E-state index < -0.39 is 5.97 Å². The third kappa shape index (κ3) is 4.92. The maximum Gasteiger partial charge on any atom is 0.303 e. The van der Waals surface area contributed by atoms with Crippen LogP contribution in [0.25, 0.3) is 0 Å². The molecule has 7 heteroatoms. The molecule has 94 valence electrons. The number of nitrogens with one attached hydrogen (secondary N) is 1. The summed E-state index contributed by atoms with van der Waals surface area (Å²) >= 11 is 1.36. The van der Waals surface area contributed by atoms with E-state index in [4.69, 9.17) is 9.84 Å². The fraction of sp³-hybridized carbons (Fsp3) is 0.500. The molecule has 0 aliphatic carbocycles. The fourth-order valence-corrected chi connectivity index (χ4v) is 1.88. The quantitative estimate of drug-likeness (QED) is 0.709. The van der Waals surface area contributed by atoms with Gasteiger partial charge in [0, 0.05) is 25.5 Å². The topological polar surface area (TPSA) is 88.5 Å². The van der Waals surface area contributed by atoms with Crippen LogP contribution in [0, 0.1) is 0 Å². The summed E-state index contributed by atoms with van der Waals surface area (Å²) < 4.78 is 4.90. The second-order valence-corrected chi connectivity index (χ2v) is 4.26. The van der Waals surface area contributed by atoms with Gasteiger partial charge in [-0.25, -0.2) is 4.98 Å². The van der Waals surface area contributed by atoms with Crippen molar-refractivity contribution >= 4 is 23.2 Å². The van der Waals surface area contributed by atoms with Crippen LogP contribution < -0.4 is 5.32 Å². The lowest BCUT2D eigenvalue weighted by Crippen LogP contribution is -2.25. The number of hydrogen-bond donors (Lipinski definition) is 2. The zero-order valence-electron chi connectivity index (χ0n) is 9.43. The zero-order chi connectivity index (χ0) is 12.7. The molecule has 1 rings (SSSR count). The number of hydrogen-bond acceptors (Lipinski definition) is 5. The predicted octanol–water partition coefficient (Wildman–Crippen LogP) is 0.884. The average molecular weight is 258 g/mol. The van der Waals surface area contributed by atoms with Crippen molar-refractivity contribution in [2.24, 2.45) is 0 Å². The molecule has 6 nitrogen and oxygen atoms in total. The SMILES string of the molecule is COCc1nc(C(=O)NCCCC(=O)O)cs1. The Bertz CT molecular complexity index is 391. The van der Waals surface area contributed by atoms with Gasteiger partial charge in [0.25, 0.3) is 5.91 Å². The van der Waals surface area contributed by atoms with Gasteiger partial charge in [-0.05, 0) is 6.42 Å². The van der Waals surface area contributed by atoms with Crippen LogP contribution >= 0.6 is 11.3 Å². The van der Waals surface area contributed by atoms with Gasteiger partial charge < -0.3 is 15.2 Å². The van der Waals surface area contributed by atoms with Crippen LogP contribution in [0.2, 0.25) is 0 Å². The highest BCUT2D eigenvalue weighted by Gasteiger charge is 2.10. The molecule has 0 aliphatic rings. The maximum absolute atomic E-state index is 11.6. The zero-order valence-corrected chi connectivity index (χ0v) is 10.2. The number of nitrogens with zero attached hydrogens (tertiary/aromatic N) is 1. The van der Waals surface area contributed by atoms with Crippen LogP contribution in [-0.4, -0.2) is 35.6 Å². The van der Waals surface area contributed by atoms with Crippen molar-refractivity contribution in [2.75, 3.05) is 13.7 Å². The Labute approximate surface area is 103 Å². The summed E-state index contributed by atoms with van der Waals surface area (Å²) in [4.78, 5) is 25.9. The monoisotopic (exact) mass is 258 g/mol. The maximum atomic E-state index is 11.6. The summed E-state index contributed by atoms with van der Waals surface area (Å²) in [6.07, 6.45) is 0.461. The molecule has 0 saturated heterocycles. The highest BCUT2D eigenvalue weighted by Crippen LogP contribution is 2.10. The molecular formula is C10H14N2O4S. The van der Waals surface area contributed by atoms with Crippen LogP contribution in [0.1, 0.15) is 28.3 Å². The van der Waals surface area contributed by atoms with Gasteiger partial charge in [0.05, 0.1) is 6.61 Å². The Morgan fingerprint density at radius 1 is 1.59 bits per heavy atom. The number of amides is 1. The van der Waals surface area contributed by atoms with Crippen molar-refractivity contribution in [3.8, 4) is 0 Å². The van der Waals surface area contributed by atoms with Crippen molar-refractivity contribution in [2.45, 2.75) is 19.4 Å². The Balaban J connectivity index is 2.33. The molecule has 0 radical (unpaired) electrons. The molecule has 0 atom stereocenters. The predicted molar refractivity (Wildman–Crippen MR) is 62.0 cm³/mol. The molecular weight excluding hydrogens is 244 g/mol. The molecule has 0 fully saturated rings. The van der Waals surface area contributed by atoms with Gasteiger partial charge in [0.1, 0.15) is 10.7 Å². The van der Waals surface area contributed by atoms with E-state index in [1.807, 2.05) is 0 Å². The summed E-state index contributed by atoms with van der Waals surface area (Å²) in [6.45, 7) is 0.721. The van der Waals surface area contributed by atoms with Gasteiger partial charge in [0.15, 0.2) is 0 Å². The smallest absolute Gasteiger partial charge is 0.303 e. The summed E-state index contributed by atoms with van der Waals surface area (Å²) in [6, 6.07) is 0. The number of carbonyl (C=O) groups excluding carboxylic acids is 1. The number of carboxylic acid groups (broad SMARTS) is 1. The van der Waals surface area contributed by atoms with Gasteiger partial charge >= 0.3 is 5.97 Å². The number of rotatable bonds is 7. The van der Waals surface area contributed by atoms with Gasteiger partial charge in [-0.3, -0.25) is 9.59 Å². The second kappa shape index (κ2) is 6.97. The van der Waals surface area contributed by atoms with Crippen molar-refractivity contribution in [3.63, 3.8) is 0 Å². The molecule has 0 aromatic carbocycles. The first kappa shape index (κ1) is 13.6.